The van der Waals surface area contributed by atoms with Gasteiger partial charge in [-0.2, -0.15) is 0 Å². The molecule has 1 aromatic carbocycles. The molecule has 1 N–H and O–H groups in total. The normalized spacial score (nSPS) is 20.8. The molecule has 1 atom stereocenters. The molecular formula is C16H21N3. The molecule has 2 aromatic rings. The highest BCUT2D eigenvalue weighted by atomic mass is 15.1. The Balaban J connectivity index is 1.71. The van der Waals surface area contributed by atoms with E-state index in [2.05, 4.69) is 46.5 Å². The van der Waals surface area contributed by atoms with Crippen molar-refractivity contribution in [1.82, 2.24) is 15.2 Å². The number of hydrogen-bond donors (Lipinski definition) is 1. The minimum Gasteiger partial charge on any atom is -0.309 e. The van der Waals surface area contributed by atoms with Crippen molar-refractivity contribution < 1.29 is 0 Å². The summed E-state index contributed by atoms with van der Waals surface area (Å²) in [5, 5.41) is 4.96. The van der Waals surface area contributed by atoms with Crippen LogP contribution >= 0.6 is 0 Å². The number of nitrogens with one attached hydrogen (secondary N) is 1. The monoisotopic (exact) mass is 255 g/mol. The molecule has 1 saturated heterocycles. The molecule has 3 heteroatoms. The third-order valence-electron chi connectivity index (χ3n) is 3.95. The maximum absolute atomic E-state index is 4.41. The number of rotatable bonds is 3. The lowest BCUT2D eigenvalue weighted by atomic mass is 10.0. The zero-order chi connectivity index (χ0) is 13.1. The van der Waals surface area contributed by atoms with Crippen LogP contribution < -0.4 is 5.32 Å². The number of para-hydroxylation sites is 1. The van der Waals surface area contributed by atoms with Gasteiger partial charge < -0.3 is 10.2 Å². The molecule has 1 fully saturated rings. The standard InChI is InChI=1S/C16H21N3/c1-19-10-4-5-14(12-19)18-11-13-8-9-17-16-7-3-2-6-15(13)16/h2-3,6-9,14,18H,4-5,10-12H2,1H3. The molecule has 0 amide bonds. The van der Waals surface area contributed by atoms with E-state index in [0.717, 1.165) is 18.6 Å². The molecule has 0 radical (unpaired) electrons. The Hall–Kier alpha value is -1.45. The number of piperidine rings is 1. The number of benzene rings is 1. The van der Waals surface area contributed by atoms with Gasteiger partial charge in [0.25, 0.3) is 0 Å². The van der Waals surface area contributed by atoms with Crippen LogP contribution in [0.1, 0.15) is 18.4 Å². The molecule has 0 bridgehead atoms. The average molecular weight is 255 g/mol. The third kappa shape index (κ3) is 2.94. The van der Waals surface area contributed by atoms with Crippen molar-refractivity contribution in [3.8, 4) is 0 Å². The number of fused-ring (bicyclic) bond motifs is 1. The summed E-state index contributed by atoms with van der Waals surface area (Å²) in [6.45, 7) is 3.32. The van der Waals surface area contributed by atoms with Crippen LogP contribution in [0.4, 0.5) is 0 Å². The number of aromatic nitrogens is 1. The first kappa shape index (κ1) is 12.6. The van der Waals surface area contributed by atoms with E-state index in [1.807, 2.05) is 12.3 Å². The van der Waals surface area contributed by atoms with Gasteiger partial charge in [-0.15, -0.1) is 0 Å². The Bertz CT molecular complexity index is 547. The summed E-state index contributed by atoms with van der Waals surface area (Å²) in [6, 6.07) is 11.1. The van der Waals surface area contributed by atoms with E-state index < -0.39 is 0 Å². The van der Waals surface area contributed by atoms with Crippen LogP contribution in [0.25, 0.3) is 10.9 Å². The summed E-state index contributed by atoms with van der Waals surface area (Å²) in [4.78, 5) is 6.82. The second-order valence-electron chi connectivity index (χ2n) is 5.47. The summed E-state index contributed by atoms with van der Waals surface area (Å²) < 4.78 is 0. The van der Waals surface area contributed by atoms with Gasteiger partial charge in [-0.1, -0.05) is 18.2 Å². The van der Waals surface area contributed by atoms with Crippen LogP contribution in [0.5, 0.6) is 0 Å². The summed E-state index contributed by atoms with van der Waals surface area (Å²) in [5.74, 6) is 0. The predicted molar refractivity (Wildman–Crippen MR) is 79.1 cm³/mol. The van der Waals surface area contributed by atoms with Gasteiger partial charge in [0.1, 0.15) is 0 Å². The zero-order valence-corrected chi connectivity index (χ0v) is 11.5. The number of likely N-dealkylation sites (N-methyl/N-ethyl adjacent to an activating group) is 1. The lowest BCUT2D eigenvalue weighted by Crippen LogP contribution is -2.43. The molecular weight excluding hydrogens is 234 g/mol. The largest absolute Gasteiger partial charge is 0.309 e. The Morgan fingerprint density at radius 1 is 1.32 bits per heavy atom. The highest BCUT2D eigenvalue weighted by Gasteiger charge is 2.16. The lowest BCUT2D eigenvalue weighted by molar-refractivity contribution is 0.226. The highest BCUT2D eigenvalue weighted by Crippen LogP contribution is 2.16. The van der Waals surface area contributed by atoms with Crippen LogP contribution in [0.2, 0.25) is 0 Å². The van der Waals surface area contributed by atoms with E-state index in [0.29, 0.717) is 6.04 Å². The van der Waals surface area contributed by atoms with E-state index in [1.165, 1.54) is 30.3 Å². The maximum Gasteiger partial charge on any atom is 0.0705 e. The maximum atomic E-state index is 4.41. The van der Waals surface area contributed by atoms with E-state index >= 15 is 0 Å². The molecule has 1 aliphatic rings. The Labute approximate surface area is 114 Å². The van der Waals surface area contributed by atoms with Gasteiger partial charge in [-0.25, -0.2) is 0 Å². The van der Waals surface area contributed by atoms with Crippen molar-refractivity contribution in [3.63, 3.8) is 0 Å². The second-order valence-corrected chi connectivity index (χ2v) is 5.47. The molecule has 19 heavy (non-hydrogen) atoms. The van der Waals surface area contributed by atoms with Gasteiger partial charge in [0.2, 0.25) is 0 Å². The van der Waals surface area contributed by atoms with Gasteiger partial charge in [0.15, 0.2) is 0 Å². The first-order chi connectivity index (χ1) is 9.33. The first-order valence-corrected chi connectivity index (χ1v) is 7.07. The predicted octanol–water partition coefficient (Wildman–Crippen LogP) is 2.42. The summed E-state index contributed by atoms with van der Waals surface area (Å²) in [5.41, 5.74) is 2.43. The second kappa shape index (κ2) is 5.68. The van der Waals surface area contributed by atoms with Crippen molar-refractivity contribution in [2.45, 2.75) is 25.4 Å². The van der Waals surface area contributed by atoms with Gasteiger partial charge in [0, 0.05) is 30.7 Å². The summed E-state index contributed by atoms with van der Waals surface area (Å²) in [7, 11) is 2.20. The van der Waals surface area contributed by atoms with Crippen LogP contribution in [0, 0.1) is 0 Å². The fourth-order valence-corrected chi connectivity index (χ4v) is 2.90. The van der Waals surface area contributed by atoms with Crippen molar-refractivity contribution in [2.24, 2.45) is 0 Å². The van der Waals surface area contributed by atoms with Gasteiger partial charge >= 0.3 is 0 Å². The molecule has 3 rings (SSSR count). The van der Waals surface area contributed by atoms with Crippen molar-refractivity contribution in [1.29, 1.82) is 0 Å². The molecule has 1 unspecified atom stereocenters. The topological polar surface area (TPSA) is 28.2 Å². The Morgan fingerprint density at radius 3 is 3.11 bits per heavy atom. The zero-order valence-electron chi connectivity index (χ0n) is 11.5. The number of nitrogens with zero attached hydrogens (tertiary/aromatic N) is 2. The van der Waals surface area contributed by atoms with E-state index in [1.54, 1.807) is 0 Å². The Kier molecular flexibility index (Phi) is 3.76. The van der Waals surface area contributed by atoms with Gasteiger partial charge in [-0.05, 0) is 44.1 Å². The van der Waals surface area contributed by atoms with Crippen molar-refractivity contribution in [2.75, 3.05) is 20.1 Å². The summed E-state index contributed by atoms with van der Waals surface area (Å²) in [6.07, 6.45) is 4.49. The molecule has 3 nitrogen and oxygen atoms in total. The van der Waals surface area contributed by atoms with E-state index in [4.69, 9.17) is 0 Å². The van der Waals surface area contributed by atoms with Gasteiger partial charge in [0.05, 0.1) is 5.52 Å². The molecule has 0 aliphatic carbocycles. The van der Waals surface area contributed by atoms with Crippen LogP contribution in [-0.2, 0) is 6.54 Å². The third-order valence-corrected chi connectivity index (χ3v) is 3.95. The minimum atomic E-state index is 0.616. The van der Waals surface area contributed by atoms with Crippen LogP contribution in [0.3, 0.4) is 0 Å². The smallest absolute Gasteiger partial charge is 0.0705 e. The van der Waals surface area contributed by atoms with E-state index in [9.17, 15) is 0 Å². The van der Waals surface area contributed by atoms with Crippen molar-refractivity contribution in [3.05, 3.63) is 42.1 Å². The number of pyridine rings is 1. The van der Waals surface area contributed by atoms with Crippen LogP contribution in [-0.4, -0.2) is 36.1 Å². The van der Waals surface area contributed by atoms with Gasteiger partial charge in [-0.3, -0.25) is 4.98 Å². The first-order valence-electron chi connectivity index (χ1n) is 7.07. The lowest BCUT2D eigenvalue weighted by Gasteiger charge is -2.30. The molecule has 100 valence electrons. The minimum absolute atomic E-state index is 0.616. The highest BCUT2D eigenvalue weighted by molar-refractivity contribution is 5.81. The Morgan fingerprint density at radius 2 is 2.21 bits per heavy atom. The molecule has 0 spiro atoms. The van der Waals surface area contributed by atoms with E-state index in [-0.39, 0.29) is 0 Å². The molecule has 0 saturated carbocycles. The number of hydrogen-bond acceptors (Lipinski definition) is 3. The number of likely N-dealkylation sites (tertiary alicyclic amines) is 1. The fourth-order valence-electron chi connectivity index (χ4n) is 2.90. The summed E-state index contributed by atoms with van der Waals surface area (Å²) >= 11 is 0. The molecule has 1 aromatic heterocycles. The quantitative estimate of drug-likeness (QED) is 0.913. The van der Waals surface area contributed by atoms with Crippen LogP contribution in [0.15, 0.2) is 36.5 Å². The molecule has 2 heterocycles. The average Bonchev–Trinajstić information content (AvgIpc) is 2.45. The van der Waals surface area contributed by atoms with Crippen molar-refractivity contribution >= 4 is 10.9 Å². The SMILES string of the molecule is CN1CCCC(NCc2ccnc3ccccc23)C1. The fraction of sp³-hybridized carbons (Fsp3) is 0.438. The molecule has 1 aliphatic heterocycles.